The Balaban J connectivity index is 2.08. The lowest BCUT2D eigenvalue weighted by atomic mass is 10.0. The lowest BCUT2D eigenvalue weighted by Gasteiger charge is -2.20. The van der Waals surface area contributed by atoms with E-state index in [0.717, 1.165) is 0 Å². The van der Waals surface area contributed by atoms with Gasteiger partial charge in [0.05, 0.1) is 6.04 Å². The lowest BCUT2D eigenvalue weighted by molar-refractivity contribution is -0.126. The van der Waals surface area contributed by atoms with Gasteiger partial charge >= 0.3 is 0 Å². The van der Waals surface area contributed by atoms with E-state index in [1.165, 1.54) is 12.1 Å². The highest BCUT2D eigenvalue weighted by atomic mass is 79.9. The van der Waals surface area contributed by atoms with Gasteiger partial charge in [0.25, 0.3) is 0 Å². The molecular weight excluding hydrogens is 327 g/mol. The topological polar surface area (TPSA) is 58.2 Å². The van der Waals surface area contributed by atoms with Crippen molar-refractivity contribution >= 4 is 27.7 Å². The number of amides is 2. The Labute approximate surface area is 125 Å². The van der Waals surface area contributed by atoms with Crippen LogP contribution in [0.15, 0.2) is 22.7 Å². The summed E-state index contributed by atoms with van der Waals surface area (Å²) in [4.78, 5) is 23.2. The average molecular weight is 343 g/mol. The van der Waals surface area contributed by atoms with Gasteiger partial charge in [0, 0.05) is 10.9 Å². The van der Waals surface area contributed by atoms with Gasteiger partial charge in [-0.15, -0.1) is 0 Å². The first-order chi connectivity index (χ1) is 9.49. The summed E-state index contributed by atoms with van der Waals surface area (Å²) in [7, 11) is 0. The van der Waals surface area contributed by atoms with Crippen LogP contribution in [0.1, 0.15) is 37.8 Å². The van der Waals surface area contributed by atoms with Gasteiger partial charge in [-0.25, -0.2) is 4.39 Å². The van der Waals surface area contributed by atoms with E-state index in [2.05, 4.69) is 26.6 Å². The predicted molar refractivity (Wildman–Crippen MR) is 76.4 cm³/mol. The number of carbonyl (C=O) groups is 2. The fraction of sp³-hybridized carbons (Fsp3) is 0.429. The molecule has 1 aromatic carbocycles. The highest BCUT2D eigenvalue weighted by Gasteiger charge is 2.28. The first-order valence-corrected chi connectivity index (χ1v) is 7.34. The number of halogens is 2. The minimum Gasteiger partial charge on any atom is -0.348 e. The van der Waals surface area contributed by atoms with Crippen molar-refractivity contribution < 1.29 is 14.0 Å². The van der Waals surface area contributed by atoms with Crippen molar-refractivity contribution in [3.05, 3.63) is 34.1 Å². The summed E-state index contributed by atoms with van der Waals surface area (Å²) in [5.41, 5.74) is 0.706. The van der Waals surface area contributed by atoms with Crippen molar-refractivity contribution in [1.29, 1.82) is 0 Å². The number of hydrogen-bond donors (Lipinski definition) is 2. The fourth-order valence-corrected chi connectivity index (χ4v) is 2.76. The van der Waals surface area contributed by atoms with Crippen LogP contribution in [0, 0.1) is 5.82 Å². The van der Waals surface area contributed by atoms with Gasteiger partial charge in [0.2, 0.25) is 11.8 Å². The lowest BCUT2D eigenvalue weighted by Crippen LogP contribution is -2.43. The SMILES string of the molecule is CC[C@@H](NC(=O)[C@H]1CCC(=O)N1)c1cc(F)cc(Br)c1. The quantitative estimate of drug-likeness (QED) is 0.882. The molecule has 0 aromatic heterocycles. The van der Waals surface area contributed by atoms with Crippen LogP contribution in [0.4, 0.5) is 4.39 Å². The van der Waals surface area contributed by atoms with Gasteiger partial charge in [-0.2, -0.15) is 0 Å². The largest absolute Gasteiger partial charge is 0.348 e. The molecule has 1 fully saturated rings. The molecule has 0 saturated carbocycles. The second-order valence-corrected chi connectivity index (χ2v) is 5.75. The van der Waals surface area contributed by atoms with E-state index >= 15 is 0 Å². The van der Waals surface area contributed by atoms with E-state index in [0.29, 0.717) is 29.3 Å². The summed E-state index contributed by atoms with van der Waals surface area (Å²) in [5, 5.41) is 5.48. The van der Waals surface area contributed by atoms with Crippen LogP contribution in [0.25, 0.3) is 0 Å². The fourth-order valence-electron chi connectivity index (χ4n) is 2.28. The van der Waals surface area contributed by atoms with Crippen molar-refractivity contribution in [2.75, 3.05) is 0 Å². The van der Waals surface area contributed by atoms with Crippen LogP contribution in [0.3, 0.4) is 0 Å². The van der Waals surface area contributed by atoms with E-state index in [9.17, 15) is 14.0 Å². The molecule has 0 bridgehead atoms. The molecule has 108 valence electrons. The van der Waals surface area contributed by atoms with Crippen molar-refractivity contribution in [2.45, 2.75) is 38.3 Å². The molecule has 20 heavy (non-hydrogen) atoms. The maximum absolute atomic E-state index is 13.4. The minimum atomic E-state index is -0.478. The molecule has 1 heterocycles. The summed E-state index contributed by atoms with van der Waals surface area (Å²) in [6.45, 7) is 1.91. The van der Waals surface area contributed by atoms with Gasteiger partial charge < -0.3 is 10.6 Å². The zero-order valence-electron chi connectivity index (χ0n) is 11.1. The third kappa shape index (κ3) is 3.56. The molecule has 2 rings (SSSR count). The van der Waals surface area contributed by atoms with Crippen molar-refractivity contribution in [1.82, 2.24) is 10.6 Å². The van der Waals surface area contributed by atoms with Crippen LogP contribution < -0.4 is 10.6 Å². The zero-order valence-corrected chi connectivity index (χ0v) is 12.7. The van der Waals surface area contributed by atoms with Crippen molar-refractivity contribution in [2.24, 2.45) is 0 Å². The molecule has 2 N–H and O–H groups in total. The van der Waals surface area contributed by atoms with E-state index in [1.807, 2.05) is 6.92 Å². The van der Waals surface area contributed by atoms with Gasteiger partial charge in [-0.3, -0.25) is 9.59 Å². The number of hydrogen-bond acceptors (Lipinski definition) is 2. The molecule has 4 nitrogen and oxygen atoms in total. The first-order valence-electron chi connectivity index (χ1n) is 6.55. The molecule has 0 spiro atoms. The summed E-state index contributed by atoms with van der Waals surface area (Å²) in [6.07, 6.45) is 1.52. The third-order valence-corrected chi connectivity index (χ3v) is 3.78. The molecule has 1 aliphatic rings. The molecule has 1 saturated heterocycles. The number of benzene rings is 1. The molecule has 6 heteroatoms. The zero-order chi connectivity index (χ0) is 14.7. The Morgan fingerprint density at radius 1 is 1.55 bits per heavy atom. The van der Waals surface area contributed by atoms with Crippen LogP contribution in [-0.2, 0) is 9.59 Å². The molecule has 0 unspecified atom stereocenters. The molecule has 1 aliphatic heterocycles. The average Bonchev–Trinajstić information content (AvgIpc) is 2.81. The summed E-state index contributed by atoms with van der Waals surface area (Å²) in [6, 6.07) is 3.81. The first kappa shape index (κ1) is 15.0. The van der Waals surface area contributed by atoms with Crippen LogP contribution >= 0.6 is 15.9 Å². The summed E-state index contributed by atoms with van der Waals surface area (Å²) in [5.74, 6) is -0.675. The second kappa shape index (κ2) is 6.35. The Kier molecular flexibility index (Phi) is 4.75. The highest BCUT2D eigenvalue weighted by molar-refractivity contribution is 9.10. The van der Waals surface area contributed by atoms with E-state index < -0.39 is 6.04 Å². The Bertz CT molecular complexity index is 516. The molecule has 2 atom stereocenters. The maximum atomic E-state index is 13.4. The van der Waals surface area contributed by atoms with Crippen LogP contribution in [0.5, 0.6) is 0 Å². The van der Waals surface area contributed by atoms with Crippen LogP contribution in [-0.4, -0.2) is 17.9 Å². The van der Waals surface area contributed by atoms with Crippen LogP contribution in [0.2, 0.25) is 0 Å². The van der Waals surface area contributed by atoms with E-state index in [-0.39, 0.29) is 23.7 Å². The minimum absolute atomic E-state index is 0.105. The number of rotatable bonds is 4. The van der Waals surface area contributed by atoms with Gasteiger partial charge in [-0.1, -0.05) is 22.9 Å². The van der Waals surface area contributed by atoms with Crippen molar-refractivity contribution in [3.8, 4) is 0 Å². The van der Waals surface area contributed by atoms with Gasteiger partial charge in [0.1, 0.15) is 11.9 Å². The third-order valence-electron chi connectivity index (χ3n) is 3.32. The summed E-state index contributed by atoms with van der Waals surface area (Å²) < 4.78 is 14.0. The molecule has 1 aromatic rings. The Morgan fingerprint density at radius 3 is 2.85 bits per heavy atom. The standard InChI is InChI=1S/C14H16BrFN2O2/c1-2-11(8-5-9(15)7-10(16)6-8)18-14(20)12-3-4-13(19)17-12/h5-7,11-12H,2-4H2,1H3,(H,17,19)(H,18,20)/t11-,12-/m1/s1. The van der Waals surface area contributed by atoms with E-state index in [1.54, 1.807) is 6.07 Å². The van der Waals surface area contributed by atoms with Gasteiger partial charge in [0.15, 0.2) is 0 Å². The number of nitrogens with one attached hydrogen (secondary N) is 2. The van der Waals surface area contributed by atoms with Crippen molar-refractivity contribution in [3.63, 3.8) is 0 Å². The molecule has 2 amide bonds. The molecular formula is C14H16BrFN2O2. The highest BCUT2D eigenvalue weighted by Crippen LogP contribution is 2.23. The Hall–Kier alpha value is -1.43. The second-order valence-electron chi connectivity index (χ2n) is 4.83. The number of carbonyl (C=O) groups excluding carboxylic acids is 2. The molecule has 0 aliphatic carbocycles. The van der Waals surface area contributed by atoms with Gasteiger partial charge in [-0.05, 0) is 36.6 Å². The predicted octanol–water partition coefficient (Wildman–Crippen LogP) is 2.43. The van der Waals surface area contributed by atoms with E-state index in [4.69, 9.17) is 0 Å². The normalized spacial score (nSPS) is 19.6. The maximum Gasteiger partial charge on any atom is 0.243 e. The molecule has 0 radical (unpaired) electrons. The monoisotopic (exact) mass is 342 g/mol. The Morgan fingerprint density at radius 2 is 2.30 bits per heavy atom. The smallest absolute Gasteiger partial charge is 0.243 e. The summed E-state index contributed by atoms with van der Waals surface area (Å²) >= 11 is 3.24.